The Morgan fingerprint density at radius 3 is 2.71 bits per heavy atom. The molecule has 5 heteroatoms. The van der Waals surface area contributed by atoms with E-state index in [9.17, 15) is 0 Å². The maximum Gasteiger partial charge on any atom is 0.171 e. The SMILES string of the molecule is C=C[C@H]1CN2CC[C@H]1C[C@@H]2[C@@H](NC(=S)Nc1ccccc1)c1ccnc2ccccc12. The zero-order valence-electron chi connectivity index (χ0n) is 17.6. The lowest BCUT2D eigenvalue weighted by Gasteiger charge is -2.52. The molecule has 4 heterocycles. The second-order valence-corrected chi connectivity index (χ2v) is 9.01. The van der Waals surface area contributed by atoms with E-state index in [1.165, 1.54) is 17.4 Å². The van der Waals surface area contributed by atoms with E-state index < -0.39 is 0 Å². The number of nitrogens with one attached hydrogen (secondary N) is 2. The summed E-state index contributed by atoms with van der Waals surface area (Å²) in [7, 11) is 0. The Balaban J connectivity index is 1.48. The van der Waals surface area contributed by atoms with Crippen molar-refractivity contribution in [3.05, 3.63) is 85.1 Å². The Morgan fingerprint density at radius 2 is 1.94 bits per heavy atom. The molecule has 2 bridgehead atoms. The average Bonchev–Trinajstić information content (AvgIpc) is 2.83. The molecule has 0 aliphatic carbocycles. The second kappa shape index (κ2) is 8.77. The van der Waals surface area contributed by atoms with Gasteiger partial charge in [0.1, 0.15) is 0 Å². The van der Waals surface area contributed by atoms with E-state index in [1.54, 1.807) is 0 Å². The highest BCUT2D eigenvalue weighted by atomic mass is 32.1. The van der Waals surface area contributed by atoms with Crippen molar-refractivity contribution in [3.8, 4) is 0 Å². The van der Waals surface area contributed by atoms with E-state index in [0.29, 0.717) is 23.0 Å². The Hall–Kier alpha value is -2.76. The van der Waals surface area contributed by atoms with Crippen molar-refractivity contribution in [1.82, 2.24) is 15.2 Å². The number of pyridine rings is 1. The Labute approximate surface area is 189 Å². The molecule has 3 aliphatic heterocycles. The zero-order valence-corrected chi connectivity index (χ0v) is 18.4. The third-order valence-corrected chi connectivity index (χ3v) is 7.09. The van der Waals surface area contributed by atoms with Crippen LogP contribution >= 0.6 is 12.2 Å². The molecular weight excluding hydrogens is 400 g/mol. The Kier molecular flexibility index (Phi) is 5.70. The molecule has 6 rings (SSSR count). The first-order valence-corrected chi connectivity index (χ1v) is 11.5. The Bertz CT molecular complexity index is 1080. The van der Waals surface area contributed by atoms with Crippen molar-refractivity contribution in [1.29, 1.82) is 0 Å². The number of rotatable bonds is 5. The van der Waals surface area contributed by atoms with Gasteiger partial charge in [-0.2, -0.15) is 0 Å². The Morgan fingerprint density at radius 1 is 1.13 bits per heavy atom. The van der Waals surface area contributed by atoms with Crippen LogP contribution in [0.5, 0.6) is 0 Å². The van der Waals surface area contributed by atoms with Gasteiger partial charge in [0.05, 0.1) is 11.6 Å². The van der Waals surface area contributed by atoms with E-state index in [1.807, 2.05) is 42.6 Å². The lowest BCUT2D eigenvalue weighted by atomic mass is 9.73. The first-order valence-electron chi connectivity index (χ1n) is 11.1. The van der Waals surface area contributed by atoms with Crippen LogP contribution in [0.15, 0.2) is 79.5 Å². The van der Waals surface area contributed by atoms with Crippen LogP contribution in [-0.4, -0.2) is 34.1 Å². The molecular formula is C26H28N4S. The van der Waals surface area contributed by atoms with E-state index in [-0.39, 0.29) is 6.04 Å². The van der Waals surface area contributed by atoms with Crippen LogP contribution < -0.4 is 10.6 Å². The van der Waals surface area contributed by atoms with Crippen LogP contribution in [0, 0.1) is 11.8 Å². The van der Waals surface area contributed by atoms with E-state index in [0.717, 1.165) is 30.7 Å². The minimum atomic E-state index is 0.0881. The van der Waals surface area contributed by atoms with Gasteiger partial charge in [-0.25, -0.2) is 0 Å². The quantitative estimate of drug-likeness (QED) is 0.434. The fourth-order valence-corrected chi connectivity index (χ4v) is 5.57. The van der Waals surface area contributed by atoms with Crippen molar-refractivity contribution in [2.24, 2.45) is 11.8 Å². The summed E-state index contributed by atoms with van der Waals surface area (Å²) in [5.74, 6) is 1.29. The molecule has 0 saturated carbocycles. The van der Waals surface area contributed by atoms with Crippen molar-refractivity contribution in [3.63, 3.8) is 0 Å². The van der Waals surface area contributed by atoms with Gasteiger partial charge >= 0.3 is 0 Å². The molecule has 2 aromatic carbocycles. The minimum Gasteiger partial charge on any atom is -0.354 e. The maximum atomic E-state index is 5.76. The maximum absolute atomic E-state index is 5.76. The fourth-order valence-electron chi connectivity index (χ4n) is 5.32. The molecule has 5 atom stereocenters. The van der Waals surface area contributed by atoms with E-state index in [2.05, 4.69) is 57.4 Å². The third kappa shape index (κ3) is 4.08. The largest absolute Gasteiger partial charge is 0.354 e. The number of benzene rings is 2. The van der Waals surface area contributed by atoms with Crippen LogP contribution in [-0.2, 0) is 0 Å². The first-order chi connectivity index (χ1) is 15.2. The van der Waals surface area contributed by atoms with Gasteiger partial charge < -0.3 is 10.6 Å². The minimum absolute atomic E-state index is 0.0881. The predicted octanol–water partition coefficient (Wildman–Crippen LogP) is 5.16. The van der Waals surface area contributed by atoms with Crippen molar-refractivity contribution in [2.75, 3.05) is 18.4 Å². The van der Waals surface area contributed by atoms with Gasteiger partial charge in [-0.15, -0.1) is 6.58 Å². The zero-order chi connectivity index (χ0) is 21.2. The van der Waals surface area contributed by atoms with Gasteiger partial charge in [0.25, 0.3) is 0 Å². The van der Waals surface area contributed by atoms with Crippen LogP contribution in [0.1, 0.15) is 24.4 Å². The van der Waals surface area contributed by atoms with E-state index in [4.69, 9.17) is 12.2 Å². The normalized spacial score (nSPS) is 25.7. The standard InChI is InChI=1S/C26H28N4S/c1-2-18-17-30-15-13-19(18)16-24(30)25(29-26(31)28-20-8-4-3-5-9-20)22-12-14-27-23-11-7-6-10-21(22)23/h2-12,14,18-19,24-25H,1,13,15-17H2,(H2,28,29,31)/t18-,19-,24+,25-/m0/s1. The molecule has 0 amide bonds. The molecule has 4 nitrogen and oxygen atoms in total. The van der Waals surface area contributed by atoms with Crippen molar-refractivity contribution < 1.29 is 0 Å². The molecule has 3 saturated heterocycles. The summed E-state index contributed by atoms with van der Waals surface area (Å²) in [5.41, 5.74) is 3.28. The molecule has 1 aromatic heterocycles. The van der Waals surface area contributed by atoms with Gasteiger partial charge in [0, 0.05) is 29.9 Å². The van der Waals surface area contributed by atoms with Crippen molar-refractivity contribution in [2.45, 2.75) is 24.9 Å². The molecule has 3 aromatic rings. The fraction of sp³-hybridized carbons (Fsp3) is 0.308. The summed E-state index contributed by atoms with van der Waals surface area (Å²) >= 11 is 5.76. The molecule has 0 spiro atoms. The van der Waals surface area contributed by atoms with Crippen LogP contribution in [0.2, 0.25) is 0 Å². The molecule has 158 valence electrons. The van der Waals surface area contributed by atoms with Gasteiger partial charge in [-0.1, -0.05) is 42.5 Å². The highest BCUT2D eigenvalue weighted by Crippen LogP contribution is 2.42. The van der Waals surface area contributed by atoms with Gasteiger partial charge in [-0.05, 0) is 73.3 Å². The lowest BCUT2D eigenvalue weighted by Crippen LogP contribution is -2.57. The number of hydrogen-bond acceptors (Lipinski definition) is 3. The molecule has 3 fully saturated rings. The summed E-state index contributed by atoms with van der Waals surface area (Å²) in [4.78, 5) is 7.22. The predicted molar refractivity (Wildman–Crippen MR) is 132 cm³/mol. The molecule has 2 N–H and O–H groups in total. The number of piperidine rings is 3. The third-order valence-electron chi connectivity index (χ3n) is 6.87. The summed E-state index contributed by atoms with van der Waals surface area (Å²) < 4.78 is 0. The van der Waals surface area contributed by atoms with Crippen molar-refractivity contribution >= 4 is 33.9 Å². The second-order valence-electron chi connectivity index (χ2n) is 8.61. The monoisotopic (exact) mass is 428 g/mol. The van der Waals surface area contributed by atoms with Crippen LogP contribution in [0.3, 0.4) is 0 Å². The molecule has 1 unspecified atom stereocenters. The highest BCUT2D eigenvalue weighted by Gasteiger charge is 2.43. The van der Waals surface area contributed by atoms with Crippen LogP contribution in [0.25, 0.3) is 10.9 Å². The lowest BCUT2D eigenvalue weighted by molar-refractivity contribution is 0.00443. The van der Waals surface area contributed by atoms with Gasteiger partial charge in [-0.3, -0.25) is 9.88 Å². The topological polar surface area (TPSA) is 40.2 Å². The number of anilines is 1. The first kappa shape index (κ1) is 20.2. The van der Waals surface area contributed by atoms with Crippen LogP contribution in [0.4, 0.5) is 5.69 Å². The summed E-state index contributed by atoms with van der Waals surface area (Å²) in [6.45, 7) is 6.31. The van der Waals surface area contributed by atoms with Gasteiger partial charge in [0.2, 0.25) is 0 Å². The number of para-hydroxylation sites is 2. The average molecular weight is 429 g/mol. The summed E-state index contributed by atoms with van der Waals surface area (Å²) in [6, 6.07) is 21.1. The molecule has 0 radical (unpaired) electrons. The van der Waals surface area contributed by atoms with E-state index >= 15 is 0 Å². The summed E-state index contributed by atoms with van der Waals surface area (Å²) in [5, 5.41) is 8.89. The smallest absolute Gasteiger partial charge is 0.171 e. The number of fused-ring (bicyclic) bond motifs is 4. The molecule has 3 aliphatic rings. The number of nitrogens with zero attached hydrogens (tertiary/aromatic N) is 2. The number of aromatic nitrogens is 1. The number of hydrogen-bond donors (Lipinski definition) is 2. The summed E-state index contributed by atoms with van der Waals surface area (Å²) in [6.07, 6.45) is 6.48. The molecule has 31 heavy (non-hydrogen) atoms. The van der Waals surface area contributed by atoms with Gasteiger partial charge in [0.15, 0.2) is 5.11 Å². The number of thiocarbonyl (C=S) groups is 1. The highest BCUT2D eigenvalue weighted by molar-refractivity contribution is 7.80.